The molecule has 6 heteroatoms. The molecular formula is C12H7B2ClO3. The van der Waals surface area contributed by atoms with Gasteiger partial charge < -0.3 is 14.1 Å². The first-order valence-corrected chi connectivity index (χ1v) is 5.41. The van der Waals surface area contributed by atoms with E-state index in [0.717, 1.165) is 10.8 Å². The van der Waals surface area contributed by atoms with Gasteiger partial charge in [0.15, 0.2) is 0 Å². The van der Waals surface area contributed by atoms with Gasteiger partial charge in [0.1, 0.15) is 16.9 Å². The molecule has 0 unspecified atom stereocenters. The molecule has 0 fully saturated rings. The Morgan fingerprint density at radius 3 is 2.78 bits per heavy atom. The molecule has 0 bridgehead atoms. The summed E-state index contributed by atoms with van der Waals surface area (Å²) in [7, 11) is 0.656. The Labute approximate surface area is 111 Å². The van der Waals surface area contributed by atoms with Crippen molar-refractivity contribution in [3.63, 3.8) is 0 Å². The van der Waals surface area contributed by atoms with Crippen LogP contribution in [0.1, 0.15) is 0 Å². The predicted octanol–water partition coefficient (Wildman–Crippen LogP) is 2.76. The highest BCUT2D eigenvalue weighted by Crippen LogP contribution is 2.36. The van der Waals surface area contributed by atoms with Crippen LogP contribution in [-0.4, -0.2) is 21.1 Å². The SMILES string of the molecule is O[B]Oc1cccc2oc3cc(Cl)ccc3c12.[B]. The van der Waals surface area contributed by atoms with Gasteiger partial charge in [0.2, 0.25) is 0 Å². The lowest BCUT2D eigenvalue weighted by Gasteiger charge is -2.02. The number of furan rings is 1. The van der Waals surface area contributed by atoms with E-state index >= 15 is 0 Å². The molecule has 0 saturated heterocycles. The van der Waals surface area contributed by atoms with E-state index in [-0.39, 0.29) is 8.41 Å². The second-order valence-corrected chi connectivity index (χ2v) is 4.03. The van der Waals surface area contributed by atoms with Gasteiger partial charge in [-0.1, -0.05) is 17.7 Å². The van der Waals surface area contributed by atoms with Crippen LogP contribution in [0.4, 0.5) is 0 Å². The van der Waals surface area contributed by atoms with Gasteiger partial charge in [-0.05, 0) is 24.3 Å². The van der Waals surface area contributed by atoms with Crippen LogP contribution < -0.4 is 4.65 Å². The summed E-state index contributed by atoms with van der Waals surface area (Å²) in [5, 5.41) is 11.1. The highest BCUT2D eigenvalue weighted by atomic mass is 35.5. The number of halogens is 1. The Bertz CT molecular complexity index is 696. The molecule has 86 valence electrons. The Kier molecular flexibility index (Phi) is 3.55. The fourth-order valence-electron chi connectivity index (χ4n) is 1.92. The number of rotatable bonds is 2. The van der Waals surface area contributed by atoms with E-state index in [1.54, 1.807) is 24.3 Å². The molecule has 0 aliphatic carbocycles. The maximum atomic E-state index is 8.73. The van der Waals surface area contributed by atoms with Crippen molar-refractivity contribution in [2.75, 3.05) is 0 Å². The first kappa shape index (κ1) is 12.9. The zero-order valence-electron chi connectivity index (χ0n) is 9.26. The lowest BCUT2D eigenvalue weighted by molar-refractivity contribution is 0.456. The van der Waals surface area contributed by atoms with Gasteiger partial charge in [-0.25, -0.2) is 0 Å². The van der Waals surface area contributed by atoms with Crippen molar-refractivity contribution in [1.29, 1.82) is 0 Å². The molecule has 1 N–H and O–H groups in total. The first-order chi connectivity index (χ1) is 8.29. The lowest BCUT2D eigenvalue weighted by atomic mass is 10.1. The number of hydrogen-bond acceptors (Lipinski definition) is 3. The maximum Gasteiger partial charge on any atom is 0.569 e. The van der Waals surface area contributed by atoms with Crippen molar-refractivity contribution in [2.24, 2.45) is 0 Å². The molecule has 0 saturated carbocycles. The Hall–Kier alpha value is -1.58. The number of benzene rings is 2. The van der Waals surface area contributed by atoms with Gasteiger partial charge in [0.05, 0.1) is 5.39 Å². The van der Waals surface area contributed by atoms with Crippen LogP contribution in [0.2, 0.25) is 5.02 Å². The van der Waals surface area contributed by atoms with Gasteiger partial charge >= 0.3 is 7.69 Å². The van der Waals surface area contributed by atoms with E-state index in [1.165, 1.54) is 0 Å². The van der Waals surface area contributed by atoms with Gasteiger partial charge in [0, 0.05) is 24.9 Å². The van der Waals surface area contributed by atoms with Crippen molar-refractivity contribution in [2.45, 2.75) is 0 Å². The fraction of sp³-hybridized carbons (Fsp3) is 0. The second kappa shape index (κ2) is 4.96. The standard InChI is InChI=1S/C12H7BClO3.B/c14-7-4-5-8-11(6-7)16-9-2-1-3-10(12(8)9)17-13-15;/h1-6,15H;. The minimum atomic E-state index is 0. The average Bonchev–Trinajstić information content (AvgIpc) is 2.67. The predicted molar refractivity (Wildman–Crippen MR) is 73.1 cm³/mol. The van der Waals surface area contributed by atoms with Gasteiger partial charge in [-0.2, -0.15) is 0 Å². The zero-order valence-corrected chi connectivity index (χ0v) is 10.0. The van der Waals surface area contributed by atoms with Crippen molar-refractivity contribution >= 4 is 49.6 Å². The highest BCUT2D eigenvalue weighted by Gasteiger charge is 2.12. The summed E-state index contributed by atoms with van der Waals surface area (Å²) in [4.78, 5) is 0. The number of fused-ring (bicyclic) bond motifs is 3. The minimum absolute atomic E-state index is 0. The summed E-state index contributed by atoms with van der Waals surface area (Å²) in [5.74, 6) is 0.547. The Morgan fingerprint density at radius 1 is 1.17 bits per heavy atom. The van der Waals surface area contributed by atoms with Crippen molar-refractivity contribution in [1.82, 2.24) is 0 Å². The van der Waals surface area contributed by atoms with Crippen LogP contribution in [0, 0.1) is 0 Å². The maximum absolute atomic E-state index is 8.73. The molecule has 3 nitrogen and oxygen atoms in total. The third kappa shape index (κ3) is 1.96. The van der Waals surface area contributed by atoms with Crippen molar-refractivity contribution in [3.8, 4) is 5.75 Å². The smallest absolute Gasteiger partial charge is 0.537 e. The van der Waals surface area contributed by atoms with Crippen LogP contribution >= 0.6 is 11.6 Å². The first-order valence-electron chi connectivity index (χ1n) is 5.03. The minimum Gasteiger partial charge on any atom is -0.537 e. The molecule has 2 aromatic carbocycles. The summed E-state index contributed by atoms with van der Waals surface area (Å²) < 4.78 is 10.7. The molecule has 1 aromatic heterocycles. The molecule has 3 aromatic rings. The fourth-order valence-corrected chi connectivity index (χ4v) is 2.08. The van der Waals surface area contributed by atoms with E-state index < -0.39 is 0 Å². The molecule has 0 amide bonds. The van der Waals surface area contributed by atoms with Gasteiger partial charge in [-0.3, -0.25) is 0 Å². The van der Waals surface area contributed by atoms with Crippen molar-refractivity contribution in [3.05, 3.63) is 41.4 Å². The topological polar surface area (TPSA) is 42.6 Å². The quantitative estimate of drug-likeness (QED) is 0.717. The Balaban J connectivity index is 0.00000120. The van der Waals surface area contributed by atoms with E-state index in [2.05, 4.69) is 0 Å². The third-order valence-electron chi connectivity index (χ3n) is 2.60. The molecule has 0 aliphatic heterocycles. The third-order valence-corrected chi connectivity index (χ3v) is 2.84. The normalized spacial score (nSPS) is 10.3. The molecule has 0 spiro atoms. The van der Waals surface area contributed by atoms with Crippen LogP contribution in [0.15, 0.2) is 40.8 Å². The molecule has 0 atom stereocenters. The zero-order chi connectivity index (χ0) is 11.8. The molecular weight excluding hydrogens is 249 g/mol. The Morgan fingerprint density at radius 2 is 2.00 bits per heavy atom. The second-order valence-electron chi connectivity index (χ2n) is 3.60. The molecule has 4 radical (unpaired) electrons. The van der Waals surface area contributed by atoms with Crippen molar-refractivity contribution < 1.29 is 14.1 Å². The summed E-state index contributed by atoms with van der Waals surface area (Å²) in [6.07, 6.45) is 0. The summed E-state index contributed by atoms with van der Waals surface area (Å²) in [5.41, 5.74) is 1.39. The van der Waals surface area contributed by atoms with Gasteiger partial charge in [0.25, 0.3) is 0 Å². The number of hydrogen-bond donors (Lipinski definition) is 1. The molecule has 1 heterocycles. The average molecular weight is 256 g/mol. The summed E-state index contributed by atoms with van der Waals surface area (Å²) >= 11 is 5.91. The van der Waals surface area contributed by atoms with Crippen LogP contribution in [-0.2, 0) is 0 Å². The van der Waals surface area contributed by atoms with Gasteiger partial charge in [-0.15, -0.1) is 0 Å². The monoisotopic (exact) mass is 256 g/mol. The summed E-state index contributed by atoms with van der Waals surface area (Å²) in [6, 6.07) is 10.8. The van der Waals surface area contributed by atoms with E-state index in [4.69, 9.17) is 25.7 Å². The van der Waals surface area contributed by atoms with E-state index in [9.17, 15) is 0 Å². The van der Waals surface area contributed by atoms with Crippen LogP contribution in [0.25, 0.3) is 21.9 Å². The lowest BCUT2D eigenvalue weighted by Crippen LogP contribution is -1.99. The highest BCUT2D eigenvalue weighted by molar-refractivity contribution is 6.31. The van der Waals surface area contributed by atoms with E-state index in [1.807, 2.05) is 12.1 Å². The summed E-state index contributed by atoms with van der Waals surface area (Å²) in [6.45, 7) is 0. The van der Waals surface area contributed by atoms with Crippen LogP contribution in [0.3, 0.4) is 0 Å². The molecule has 3 rings (SSSR count). The molecule has 0 aliphatic rings. The molecule has 18 heavy (non-hydrogen) atoms. The largest absolute Gasteiger partial charge is 0.569 e. The van der Waals surface area contributed by atoms with E-state index in [0.29, 0.717) is 29.6 Å². The van der Waals surface area contributed by atoms with Crippen LogP contribution in [0.5, 0.6) is 5.75 Å².